The number of nitrogens with one attached hydrogen (secondary N) is 3. The summed E-state index contributed by atoms with van der Waals surface area (Å²) < 4.78 is 1.82. The lowest BCUT2D eigenvalue weighted by Crippen LogP contribution is -2.41. The lowest BCUT2D eigenvalue weighted by Gasteiger charge is -2.07. The highest BCUT2D eigenvalue weighted by Gasteiger charge is 2.15. The van der Waals surface area contributed by atoms with Crippen molar-refractivity contribution in [2.45, 2.75) is 20.4 Å². The van der Waals surface area contributed by atoms with Gasteiger partial charge in [-0.25, -0.2) is 5.10 Å². The molecule has 10 heteroatoms. The quantitative estimate of drug-likeness (QED) is 0.302. The van der Waals surface area contributed by atoms with Crippen molar-refractivity contribution >= 4 is 40.3 Å². The lowest BCUT2D eigenvalue weighted by atomic mass is 10.1. The smallest absolute Gasteiger partial charge is 0.268 e. The van der Waals surface area contributed by atoms with E-state index < -0.39 is 17.4 Å². The zero-order valence-electron chi connectivity index (χ0n) is 18.4. The second-order valence-corrected chi connectivity index (χ2v) is 7.96. The summed E-state index contributed by atoms with van der Waals surface area (Å²) in [6, 6.07) is 14.1. The number of aromatic amines is 1. The van der Waals surface area contributed by atoms with Crippen LogP contribution in [0.1, 0.15) is 33.0 Å². The first-order valence-corrected chi connectivity index (χ1v) is 10.8. The van der Waals surface area contributed by atoms with E-state index in [1.165, 1.54) is 6.08 Å². The van der Waals surface area contributed by atoms with Gasteiger partial charge in [-0.1, -0.05) is 48.0 Å². The maximum Gasteiger partial charge on any atom is 0.290 e. The van der Waals surface area contributed by atoms with E-state index >= 15 is 0 Å². The fourth-order valence-electron chi connectivity index (χ4n) is 3.56. The third kappa shape index (κ3) is 4.74. The standard InChI is InChI=1S/C24H21ClN6O3/c1-14-17(15(2)31(30-14)13-16-7-3-6-10-20(16)25)11-12-21(32)26-29-24(34)22-18-8-4-5-9-19(18)23(33)28-27-22/h3-12H,13H2,1-2H3,(H,26,32)(H,28,33)(H,29,34)/b12-11+. The number of aryl methyl sites for hydroxylation is 1. The van der Waals surface area contributed by atoms with E-state index in [1.54, 1.807) is 30.3 Å². The van der Waals surface area contributed by atoms with E-state index in [-0.39, 0.29) is 5.69 Å². The highest BCUT2D eigenvalue weighted by Crippen LogP contribution is 2.20. The Kier molecular flexibility index (Phi) is 6.55. The number of amides is 2. The van der Waals surface area contributed by atoms with Crippen molar-refractivity contribution < 1.29 is 9.59 Å². The van der Waals surface area contributed by atoms with Crippen LogP contribution in [0.5, 0.6) is 0 Å². The predicted molar refractivity (Wildman–Crippen MR) is 129 cm³/mol. The summed E-state index contributed by atoms with van der Waals surface area (Å²) in [5.41, 5.74) is 7.58. The largest absolute Gasteiger partial charge is 0.290 e. The molecule has 2 amide bonds. The van der Waals surface area contributed by atoms with Gasteiger partial charge in [0.25, 0.3) is 17.4 Å². The molecule has 4 aromatic rings. The number of rotatable bonds is 5. The van der Waals surface area contributed by atoms with E-state index in [4.69, 9.17) is 11.6 Å². The fourth-order valence-corrected chi connectivity index (χ4v) is 3.76. The molecule has 0 saturated carbocycles. The van der Waals surface area contributed by atoms with Crippen molar-refractivity contribution in [3.05, 3.63) is 98.2 Å². The number of H-pyrrole nitrogens is 1. The summed E-state index contributed by atoms with van der Waals surface area (Å²) in [7, 11) is 0. The molecule has 0 unspecified atom stereocenters. The average Bonchev–Trinajstić information content (AvgIpc) is 3.10. The van der Waals surface area contributed by atoms with Crippen LogP contribution in [0.25, 0.3) is 16.8 Å². The van der Waals surface area contributed by atoms with Crippen LogP contribution in [0.2, 0.25) is 5.02 Å². The Morgan fingerprint density at radius 2 is 1.76 bits per heavy atom. The molecule has 0 atom stereocenters. The number of benzene rings is 2. The van der Waals surface area contributed by atoms with Gasteiger partial charge in [0.15, 0.2) is 5.69 Å². The molecule has 4 rings (SSSR count). The summed E-state index contributed by atoms with van der Waals surface area (Å²) in [4.78, 5) is 36.7. The number of hydrazine groups is 1. The number of hydrogen-bond acceptors (Lipinski definition) is 5. The minimum atomic E-state index is -0.658. The van der Waals surface area contributed by atoms with E-state index in [9.17, 15) is 14.4 Å². The summed E-state index contributed by atoms with van der Waals surface area (Å²) in [6.07, 6.45) is 2.94. The molecule has 0 bridgehead atoms. The van der Waals surface area contributed by atoms with Gasteiger partial charge < -0.3 is 0 Å². The van der Waals surface area contributed by atoms with Crippen LogP contribution in [0.4, 0.5) is 0 Å². The molecule has 0 aliphatic rings. The molecule has 2 aromatic heterocycles. The van der Waals surface area contributed by atoms with Crippen molar-refractivity contribution in [3.8, 4) is 0 Å². The third-order valence-electron chi connectivity index (χ3n) is 5.33. The van der Waals surface area contributed by atoms with Crippen LogP contribution in [0.15, 0.2) is 59.4 Å². The van der Waals surface area contributed by atoms with E-state index in [0.717, 1.165) is 22.5 Å². The molecule has 9 nitrogen and oxygen atoms in total. The minimum absolute atomic E-state index is 0.00739. The highest BCUT2D eigenvalue weighted by molar-refractivity contribution is 6.31. The van der Waals surface area contributed by atoms with Gasteiger partial charge in [-0.05, 0) is 37.6 Å². The average molecular weight is 477 g/mol. The first-order chi connectivity index (χ1) is 16.3. The van der Waals surface area contributed by atoms with Crippen molar-refractivity contribution in [2.75, 3.05) is 0 Å². The van der Waals surface area contributed by atoms with Gasteiger partial charge in [-0.15, -0.1) is 0 Å². The number of carbonyl (C=O) groups is 2. The normalized spacial score (nSPS) is 11.1. The van der Waals surface area contributed by atoms with Crippen LogP contribution in [-0.4, -0.2) is 31.8 Å². The Balaban J connectivity index is 1.43. The van der Waals surface area contributed by atoms with Crippen molar-refractivity contribution in [1.82, 2.24) is 30.8 Å². The molecular formula is C24H21ClN6O3. The van der Waals surface area contributed by atoms with Crippen LogP contribution in [-0.2, 0) is 11.3 Å². The van der Waals surface area contributed by atoms with Crippen LogP contribution >= 0.6 is 11.6 Å². The van der Waals surface area contributed by atoms with E-state index in [0.29, 0.717) is 22.3 Å². The number of carbonyl (C=O) groups excluding carboxylic acids is 2. The lowest BCUT2D eigenvalue weighted by molar-refractivity contribution is -0.117. The summed E-state index contributed by atoms with van der Waals surface area (Å²) in [5, 5.41) is 12.0. The van der Waals surface area contributed by atoms with Gasteiger partial charge in [-0.3, -0.25) is 29.9 Å². The van der Waals surface area contributed by atoms with Gasteiger partial charge in [0.2, 0.25) is 0 Å². The maximum atomic E-state index is 12.5. The molecule has 2 heterocycles. The molecule has 0 spiro atoms. The van der Waals surface area contributed by atoms with Crippen molar-refractivity contribution in [3.63, 3.8) is 0 Å². The molecule has 172 valence electrons. The van der Waals surface area contributed by atoms with Gasteiger partial charge in [0, 0.05) is 27.7 Å². The number of fused-ring (bicyclic) bond motifs is 1. The third-order valence-corrected chi connectivity index (χ3v) is 5.70. The van der Waals surface area contributed by atoms with Gasteiger partial charge in [0.1, 0.15) is 0 Å². The second-order valence-electron chi connectivity index (χ2n) is 7.56. The summed E-state index contributed by atoms with van der Waals surface area (Å²) in [6.45, 7) is 4.26. The first kappa shape index (κ1) is 22.9. The highest BCUT2D eigenvalue weighted by atomic mass is 35.5. The maximum absolute atomic E-state index is 12.5. The van der Waals surface area contributed by atoms with Crippen LogP contribution < -0.4 is 16.4 Å². The first-order valence-electron chi connectivity index (χ1n) is 10.4. The topological polar surface area (TPSA) is 122 Å². The van der Waals surface area contributed by atoms with Gasteiger partial charge in [-0.2, -0.15) is 10.2 Å². The SMILES string of the molecule is Cc1nn(Cc2ccccc2Cl)c(C)c1/C=C/C(=O)NNC(=O)c1n[nH]c(=O)c2ccccc12. The molecule has 0 fully saturated rings. The molecule has 0 saturated heterocycles. The number of halogens is 1. The summed E-state index contributed by atoms with van der Waals surface area (Å²) >= 11 is 6.26. The Hall–Kier alpha value is -4.24. The molecule has 0 aliphatic heterocycles. The number of hydrogen-bond donors (Lipinski definition) is 3. The minimum Gasteiger partial charge on any atom is -0.268 e. The van der Waals surface area contributed by atoms with E-state index in [2.05, 4.69) is 26.1 Å². The molecule has 34 heavy (non-hydrogen) atoms. The zero-order valence-corrected chi connectivity index (χ0v) is 19.2. The zero-order chi connectivity index (χ0) is 24.2. The Morgan fingerprint density at radius 1 is 1.06 bits per heavy atom. The van der Waals surface area contributed by atoms with E-state index in [1.807, 2.05) is 42.8 Å². The summed E-state index contributed by atoms with van der Waals surface area (Å²) in [5.74, 6) is -1.20. The number of nitrogens with zero attached hydrogens (tertiary/aromatic N) is 3. The fraction of sp³-hybridized carbons (Fsp3) is 0.125. The molecule has 0 aliphatic carbocycles. The second kappa shape index (κ2) is 9.72. The molecule has 0 radical (unpaired) electrons. The Bertz CT molecular complexity index is 1490. The Morgan fingerprint density at radius 3 is 2.53 bits per heavy atom. The van der Waals surface area contributed by atoms with Gasteiger partial charge in [0.05, 0.1) is 17.6 Å². The molecular weight excluding hydrogens is 456 g/mol. The molecule has 2 aromatic carbocycles. The van der Waals surface area contributed by atoms with Crippen molar-refractivity contribution in [1.29, 1.82) is 0 Å². The van der Waals surface area contributed by atoms with Crippen LogP contribution in [0, 0.1) is 13.8 Å². The van der Waals surface area contributed by atoms with Crippen LogP contribution in [0.3, 0.4) is 0 Å². The monoisotopic (exact) mass is 476 g/mol. The van der Waals surface area contributed by atoms with Gasteiger partial charge >= 0.3 is 0 Å². The Labute approximate surface area is 199 Å². The van der Waals surface area contributed by atoms with Crippen molar-refractivity contribution in [2.24, 2.45) is 0 Å². The molecule has 3 N–H and O–H groups in total. The number of aromatic nitrogens is 4. The predicted octanol–water partition coefficient (Wildman–Crippen LogP) is 2.91.